The Bertz CT molecular complexity index is 314. The largest absolute Gasteiger partial charge is 0.384 e. The molecule has 0 radical (unpaired) electrons. The second kappa shape index (κ2) is 7.41. The van der Waals surface area contributed by atoms with Gasteiger partial charge in [-0.3, -0.25) is 9.69 Å². The first-order valence-electron chi connectivity index (χ1n) is 8.14. The van der Waals surface area contributed by atoms with Gasteiger partial charge in [-0.1, -0.05) is 25.7 Å². The number of likely N-dealkylation sites (N-methyl/N-ethyl adjacent to an activating group) is 1. The molecule has 0 aromatic carbocycles. The summed E-state index contributed by atoms with van der Waals surface area (Å²) in [6.07, 6.45) is 9.54. The van der Waals surface area contributed by atoms with Crippen molar-refractivity contribution in [3.05, 3.63) is 0 Å². The molecule has 116 valence electrons. The molecular formula is C16H30N2O2. The van der Waals surface area contributed by atoms with E-state index in [0.29, 0.717) is 0 Å². The molecule has 0 aromatic rings. The molecule has 1 unspecified atom stereocenters. The lowest BCUT2D eigenvalue weighted by Gasteiger charge is -2.31. The van der Waals surface area contributed by atoms with Crippen LogP contribution in [-0.2, 0) is 9.53 Å². The van der Waals surface area contributed by atoms with E-state index in [1.165, 1.54) is 44.9 Å². The molecule has 2 aliphatic rings. The fraction of sp³-hybridized carbons (Fsp3) is 0.938. The van der Waals surface area contributed by atoms with Crippen molar-refractivity contribution in [2.45, 2.75) is 57.4 Å². The van der Waals surface area contributed by atoms with Gasteiger partial charge in [0.2, 0.25) is 5.91 Å². The minimum absolute atomic E-state index is 0.0681. The normalized spacial score (nSPS) is 27.2. The topological polar surface area (TPSA) is 41.6 Å². The van der Waals surface area contributed by atoms with Crippen molar-refractivity contribution in [2.75, 3.05) is 33.9 Å². The average molecular weight is 282 g/mol. The van der Waals surface area contributed by atoms with Gasteiger partial charge in [-0.15, -0.1) is 0 Å². The van der Waals surface area contributed by atoms with Crippen LogP contribution in [0.15, 0.2) is 0 Å². The Morgan fingerprint density at radius 2 is 2.00 bits per heavy atom. The van der Waals surface area contributed by atoms with Crippen LogP contribution in [0.3, 0.4) is 0 Å². The number of nitrogens with one attached hydrogen (secondary N) is 1. The maximum atomic E-state index is 12.5. The van der Waals surface area contributed by atoms with Crippen LogP contribution in [0.1, 0.15) is 51.4 Å². The molecule has 0 aromatic heterocycles. The molecular weight excluding hydrogens is 252 g/mol. The summed E-state index contributed by atoms with van der Waals surface area (Å²) in [5, 5.41) is 3.22. The smallest absolute Gasteiger partial charge is 0.237 e. The summed E-state index contributed by atoms with van der Waals surface area (Å²) in [5.41, 5.74) is 0.188. The maximum absolute atomic E-state index is 12.5. The quantitative estimate of drug-likeness (QED) is 0.840. The minimum atomic E-state index is 0.0681. The Hall–Kier alpha value is -0.610. The van der Waals surface area contributed by atoms with E-state index < -0.39 is 0 Å². The molecule has 1 saturated carbocycles. The lowest BCUT2D eigenvalue weighted by molar-refractivity contribution is -0.126. The highest BCUT2D eigenvalue weighted by Gasteiger charge is 2.35. The number of carbonyl (C=O) groups excluding carboxylic acids is 1. The van der Waals surface area contributed by atoms with Crippen LogP contribution in [0, 0.1) is 5.41 Å². The minimum Gasteiger partial charge on any atom is -0.384 e. The van der Waals surface area contributed by atoms with E-state index in [-0.39, 0.29) is 17.4 Å². The second-order valence-corrected chi connectivity index (χ2v) is 6.70. The van der Waals surface area contributed by atoms with Gasteiger partial charge in [-0.2, -0.15) is 0 Å². The van der Waals surface area contributed by atoms with Gasteiger partial charge in [-0.05, 0) is 39.3 Å². The van der Waals surface area contributed by atoms with Gasteiger partial charge in [0.25, 0.3) is 0 Å². The summed E-state index contributed by atoms with van der Waals surface area (Å²) in [7, 11) is 3.84. The van der Waals surface area contributed by atoms with Crippen LogP contribution in [0.4, 0.5) is 0 Å². The van der Waals surface area contributed by atoms with Crippen molar-refractivity contribution in [2.24, 2.45) is 5.41 Å². The molecule has 0 spiro atoms. The zero-order chi connectivity index (χ0) is 14.4. The van der Waals surface area contributed by atoms with E-state index in [0.717, 1.165) is 26.1 Å². The van der Waals surface area contributed by atoms with Crippen LogP contribution in [0.5, 0.6) is 0 Å². The number of ether oxygens (including phenoxy) is 1. The lowest BCUT2D eigenvalue weighted by Crippen LogP contribution is -2.48. The van der Waals surface area contributed by atoms with Crippen molar-refractivity contribution in [1.82, 2.24) is 10.2 Å². The first-order chi connectivity index (χ1) is 9.67. The zero-order valence-corrected chi connectivity index (χ0v) is 13.1. The van der Waals surface area contributed by atoms with Gasteiger partial charge in [0, 0.05) is 19.1 Å². The molecule has 20 heavy (non-hydrogen) atoms. The second-order valence-electron chi connectivity index (χ2n) is 6.70. The van der Waals surface area contributed by atoms with Crippen LogP contribution in [-0.4, -0.2) is 50.7 Å². The van der Waals surface area contributed by atoms with Crippen molar-refractivity contribution >= 4 is 5.91 Å². The Morgan fingerprint density at radius 1 is 1.25 bits per heavy atom. The standard InChI is InChI=1S/C16H30N2O2/c1-18-11-7-3-4-8-14(18)15(19)17-12-16(13-20-2)9-5-6-10-16/h14H,3-13H2,1-2H3,(H,17,19). The van der Waals surface area contributed by atoms with Gasteiger partial charge < -0.3 is 10.1 Å². The van der Waals surface area contributed by atoms with Crippen molar-refractivity contribution in [3.63, 3.8) is 0 Å². The number of methoxy groups -OCH3 is 1. The third kappa shape index (κ3) is 3.95. The third-order valence-corrected chi connectivity index (χ3v) is 5.08. The van der Waals surface area contributed by atoms with Crippen LogP contribution in [0.2, 0.25) is 0 Å². The monoisotopic (exact) mass is 282 g/mol. The average Bonchev–Trinajstić information content (AvgIpc) is 2.78. The van der Waals surface area contributed by atoms with Gasteiger partial charge in [0.15, 0.2) is 0 Å². The molecule has 1 amide bonds. The van der Waals surface area contributed by atoms with Crippen LogP contribution >= 0.6 is 0 Å². The van der Waals surface area contributed by atoms with Gasteiger partial charge in [0.05, 0.1) is 12.6 Å². The Kier molecular flexibility index (Phi) is 5.85. The lowest BCUT2D eigenvalue weighted by atomic mass is 9.87. The van der Waals surface area contributed by atoms with Crippen LogP contribution in [0.25, 0.3) is 0 Å². The summed E-state index contributed by atoms with van der Waals surface area (Å²) >= 11 is 0. The maximum Gasteiger partial charge on any atom is 0.237 e. The molecule has 4 nitrogen and oxygen atoms in total. The first kappa shape index (κ1) is 15.8. The highest BCUT2D eigenvalue weighted by Crippen LogP contribution is 2.37. The van der Waals surface area contributed by atoms with E-state index in [1.807, 2.05) is 0 Å². The molecule has 1 aliphatic heterocycles. The molecule has 4 heteroatoms. The molecule has 1 heterocycles. The van der Waals surface area contributed by atoms with E-state index in [9.17, 15) is 4.79 Å². The highest BCUT2D eigenvalue weighted by atomic mass is 16.5. The summed E-state index contributed by atoms with van der Waals surface area (Å²) in [6, 6.07) is 0.0681. The Balaban J connectivity index is 1.86. The number of carbonyl (C=O) groups is 1. The number of likely N-dealkylation sites (tertiary alicyclic amines) is 1. The molecule has 1 saturated heterocycles. The van der Waals surface area contributed by atoms with Gasteiger partial charge >= 0.3 is 0 Å². The molecule has 1 atom stereocenters. The van der Waals surface area contributed by atoms with Gasteiger partial charge in [-0.25, -0.2) is 0 Å². The molecule has 0 bridgehead atoms. The van der Waals surface area contributed by atoms with Crippen molar-refractivity contribution < 1.29 is 9.53 Å². The Morgan fingerprint density at radius 3 is 2.70 bits per heavy atom. The van der Waals surface area contributed by atoms with E-state index in [2.05, 4.69) is 17.3 Å². The molecule has 1 aliphatic carbocycles. The molecule has 1 N–H and O–H groups in total. The van der Waals surface area contributed by atoms with E-state index >= 15 is 0 Å². The fourth-order valence-electron chi connectivity index (χ4n) is 3.78. The number of nitrogens with zero attached hydrogens (tertiary/aromatic N) is 1. The highest BCUT2D eigenvalue weighted by molar-refractivity contribution is 5.81. The zero-order valence-electron chi connectivity index (χ0n) is 13.1. The number of hydrogen-bond acceptors (Lipinski definition) is 3. The summed E-state index contributed by atoms with van der Waals surface area (Å²) < 4.78 is 5.39. The number of hydrogen-bond donors (Lipinski definition) is 1. The van der Waals surface area contributed by atoms with E-state index in [4.69, 9.17) is 4.74 Å². The van der Waals surface area contributed by atoms with Crippen LogP contribution < -0.4 is 5.32 Å². The summed E-state index contributed by atoms with van der Waals surface area (Å²) in [6.45, 7) is 2.60. The predicted octanol–water partition coefficient (Wildman–Crippen LogP) is 2.18. The summed E-state index contributed by atoms with van der Waals surface area (Å²) in [4.78, 5) is 14.7. The molecule has 2 fully saturated rings. The predicted molar refractivity (Wildman–Crippen MR) is 80.7 cm³/mol. The van der Waals surface area contributed by atoms with E-state index in [1.54, 1.807) is 7.11 Å². The molecule has 2 rings (SSSR count). The number of amides is 1. The first-order valence-corrected chi connectivity index (χ1v) is 8.14. The SMILES string of the molecule is COCC1(CNC(=O)C2CCCCCN2C)CCCC1. The fourth-order valence-corrected chi connectivity index (χ4v) is 3.78. The number of rotatable bonds is 5. The van der Waals surface area contributed by atoms with Gasteiger partial charge in [0.1, 0.15) is 0 Å². The van der Waals surface area contributed by atoms with Crippen molar-refractivity contribution in [1.29, 1.82) is 0 Å². The third-order valence-electron chi connectivity index (χ3n) is 5.08. The van der Waals surface area contributed by atoms with Crippen molar-refractivity contribution in [3.8, 4) is 0 Å². The summed E-state index contributed by atoms with van der Waals surface area (Å²) in [5.74, 6) is 0.219. The Labute approximate surface area is 123 Å².